The topological polar surface area (TPSA) is 71.5 Å². The zero-order valence-electron chi connectivity index (χ0n) is 9.50. The van der Waals surface area contributed by atoms with E-state index >= 15 is 0 Å². The molecule has 0 saturated carbocycles. The summed E-state index contributed by atoms with van der Waals surface area (Å²) in [7, 11) is 0. The van der Waals surface area contributed by atoms with Gasteiger partial charge in [0.25, 0.3) is 0 Å². The average molecular weight is 204 g/mol. The van der Waals surface area contributed by atoms with Crippen LogP contribution in [0.3, 0.4) is 0 Å². The van der Waals surface area contributed by atoms with Gasteiger partial charge in [0.05, 0.1) is 6.61 Å². The van der Waals surface area contributed by atoms with Crippen molar-refractivity contribution >= 4 is 0 Å². The Labute approximate surface area is 85.3 Å². The van der Waals surface area contributed by atoms with E-state index in [1.807, 2.05) is 19.0 Å². The lowest BCUT2D eigenvalue weighted by molar-refractivity contribution is -0.589. The predicted octanol–water partition coefficient (Wildman–Crippen LogP) is -0.228. The van der Waals surface area contributed by atoms with Crippen molar-refractivity contribution in [3.8, 4) is 0 Å². The van der Waals surface area contributed by atoms with Gasteiger partial charge in [0, 0.05) is 23.7 Å². The van der Waals surface area contributed by atoms with E-state index in [0.29, 0.717) is 12.8 Å². The van der Waals surface area contributed by atoms with Crippen LogP contribution in [-0.4, -0.2) is 28.5 Å². The molecule has 0 amide bonds. The van der Waals surface area contributed by atoms with E-state index in [9.17, 15) is 15.1 Å². The van der Waals surface area contributed by atoms with Gasteiger partial charge in [0.1, 0.15) is 6.10 Å². The first-order chi connectivity index (χ1) is 6.40. The molecule has 14 heavy (non-hydrogen) atoms. The molecular weight excluding hydrogens is 182 g/mol. The zero-order valence-corrected chi connectivity index (χ0v) is 9.50. The van der Waals surface area contributed by atoms with Crippen LogP contribution in [0.4, 0.5) is 0 Å². The van der Waals surface area contributed by atoms with Crippen molar-refractivity contribution in [2.45, 2.75) is 52.2 Å². The molecule has 0 saturated heterocycles. The molecule has 0 spiro atoms. The molecule has 3 atom stereocenters. The lowest BCUT2D eigenvalue weighted by Gasteiger charge is -2.35. The first kappa shape index (κ1) is 13.5. The summed E-state index contributed by atoms with van der Waals surface area (Å²) in [5.74, 6) is 0. The van der Waals surface area contributed by atoms with Crippen LogP contribution < -0.4 is 5.18 Å². The summed E-state index contributed by atoms with van der Waals surface area (Å²) < 4.78 is 0. The van der Waals surface area contributed by atoms with Crippen LogP contribution in [-0.2, 0) is 0 Å². The van der Waals surface area contributed by atoms with Gasteiger partial charge in [-0.2, -0.15) is 0 Å². The molecule has 84 valence electrons. The van der Waals surface area contributed by atoms with Crippen molar-refractivity contribution in [1.82, 2.24) is 0 Å². The molecule has 3 N–H and O–H groups in total. The van der Waals surface area contributed by atoms with Gasteiger partial charge in [0.2, 0.25) is 5.54 Å². The minimum Gasteiger partial charge on any atom is -0.396 e. The summed E-state index contributed by atoms with van der Waals surface area (Å²) in [6, 6.07) is 0. The highest BCUT2D eigenvalue weighted by atomic mass is 16.3. The van der Waals surface area contributed by atoms with Crippen LogP contribution in [0.2, 0.25) is 0 Å². The minimum absolute atomic E-state index is 0.123. The van der Waals surface area contributed by atoms with E-state index in [1.165, 1.54) is 0 Å². The van der Waals surface area contributed by atoms with Crippen LogP contribution in [0.5, 0.6) is 0 Å². The van der Waals surface area contributed by atoms with Crippen molar-refractivity contribution in [3.63, 3.8) is 0 Å². The van der Waals surface area contributed by atoms with Crippen LogP contribution in [0, 0.1) is 10.3 Å². The Morgan fingerprint density at radius 1 is 1.29 bits per heavy atom. The standard InChI is InChI=1S/C10H21NO3/c1-5-9(3,7-12)8(13)10(4,6-2)11-14/h8,12-13H,5-7H2,1-4H3/p+1/t8?,9?,10-/m1/s1. The van der Waals surface area contributed by atoms with Gasteiger partial charge in [-0.05, 0) is 11.6 Å². The maximum Gasteiger partial charge on any atom is 0.230 e. The number of rotatable bonds is 6. The van der Waals surface area contributed by atoms with Gasteiger partial charge in [-0.1, -0.05) is 20.8 Å². The molecule has 0 aliphatic rings. The van der Waals surface area contributed by atoms with E-state index in [-0.39, 0.29) is 6.61 Å². The highest BCUT2D eigenvalue weighted by Crippen LogP contribution is 2.31. The summed E-state index contributed by atoms with van der Waals surface area (Å²) in [5.41, 5.74) is -1.50. The van der Waals surface area contributed by atoms with Crippen LogP contribution in [0.1, 0.15) is 40.5 Å². The van der Waals surface area contributed by atoms with E-state index < -0.39 is 17.1 Å². The third-order valence-corrected chi connectivity index (χ3v) is 3.40. The molecule has 2 unspecified atom stereocenters. The number of nitrogens with one attached hydrogen (secondary N) is 1. The molecule has 0 aromatic rings. The molecule has 0 radical (unpaired) electrons. The fourth-order valence-electron chi connectivity index (χ4n) is 1.48. The Hall–Kier alpha value is -0.480. The van der Waals surface area contributed by atoms with Gasteiger partial charge in [-0.15, -0.1) is 0 Å². The maximum absolute atomic E-state index is 10.8. The molecule has 0 aromatic carbocycles. The Morgan fingerprint density at radius 3 is 2.00 bits per heavy atom. The number of aliphatic hydroxyl groups is 2. The van der Waals surface area contributed by atoms with Crippen LogP contribution >= 0.6 is 0 Å². The van der Waals surface area contributed by atoms with Crippen molar-refractivity contribution in [1.29, 1.82) is 0 Å². The molecule has 0 aliphatic carbocycles. The second kappa shape index (κ2) is 4.84. The first-order valence-electron chi connectivity index (χ1n) is 5.08. The fourth-order valence-corrected chi connectivity index (χ4v) is 1.48. The largest absolute Gasteiger partial charge is 0.396 e. The van der Waals surface area contributed by atoms with E-state index in [0.717, 1.165) is 0 Å². The third kappa shape index (κ3) is 2.30. The molecule has 4 heteroatoms. The number of aliphatic hydroxyl groups excluding tert-OH is 2. The highest BCUT2D eigenvalue weighted by molar-refractivity contribution is 4.91. The molecule has 0 aromatic heterocycles. The number of hydrogen-bond acceptors (Lipinski definition) is 3. The lowest BCUT2D eigenvalue weighted by atomic mass is 9.73. The second-order valence-corrected chi connectivity index (χ2v) is 4.44. The smallest absolute Gasteiger partial charge is 0.230 e. The Morgan fingerprint density at radius 2 is 1.79 bits per heavy atom. The highest BCUT2D eigenvalue weighted by Gasteiger charge is 2.48. The van der Waals surface area contributed by atoms with Gasteiger partial charge in [-0.3, -0.25) is 0 Å². The average Bonchev–Trinajstić information content (AvgIpc) is 2.25. The summed E-state index contributed by atoms with van der Waals surface area (Å²) in [4.78, 5) is 10.8. The Bertz CT molecular complexity index is 192. The number of nitroso groups, excluding NO2 is 1. The summed E-state index contributed by atoms with van der Waals surface area (Å²) >= 11 is 0. The third-order valence-electron chi connectivity index (χ3n) is 3.40. The van der Waals surface area contributed by atoms with E-state index in [2.05, 4.69) is 0 Å². The first-order valence-corrected chi connectivity index (χ1v) is 5.08. The molecule has 0 heterocycles. The fraction of sp³-hybridized carbons (Fsp3) is 1.00. The molecular formula is C10H22NO3+. The monoisotopic (exact) mass is 204 g/mol. The van der Waals surface area contributed by atoms with Crippen molar-refractivity contribution in [2.24, 2.45) is 5.41 Å². The molecule has 0 aliphatic heterocycles. The van der Waals surface area contributed by atoms with Gasteiger partial charge in [0.15, 0.2) is 0 Å². The molecule has 0 bridgehead atoms. The van der Waals surface area contributed by atoms with Crippen LogP contribution in [0.25, 0.3) is 0 Å². The molecule has 0 rings (SSSR count). The van der Waals surface area contributed by atoms with E-state index in [4.69, 9.17) is 0 Å². The SMILES string of the molecule is CCC(C)(CO)C(O)[C@@](C)(CC)[NH+]=O. The van der Waals surface area contributed by atoms with E-state index in [1.54, 1.807) is 13.8 Å². The van der Waals surface area contributed by atoms with Crippen molar-refractivity contribution in [3.05, 3.63) is 4.91 Å². The molecule has 0 fully saturated rings. The van der Waals surface area contributed by atoms with Crippen molar-refractivity contribution in [2.75, 3.05) is 6.61 Å². The predicted molar refractivity (Wildman–Crippen MR) is 54.5 cm³/mol. The Balaban J connectivity index is 4.89. The van der Waals surface area contributed by atoms with Crippen molar-refractivity contribution < 1.29 is 15.4 Å². The maximum atomic E-state index is 10.8. The lowest BCUT2D eigenvalue weighted by Crippen LogP contribution is -2.86. The van der Waals surface area contributed by atoms with Gasteiger partial charge in [-0.25, -0.2) is 0 Å². The van der Waals surface area contributed by atoms with Gasteiger partial charge >= 0.3 is 0 Å². The minimum atomic E-state index is -0.881. The van der Waals surface area contributed by atoms with Gasteiger partial charge < -0.3 is 10.2 Å². The molecule has 4 nitrogen and oxygen atoms in total. The van der Waals surface area contributed by atoms with Crippen LogP contribution in [0.15, 0.2) is 0 Å². The summed E-state index contributed by atoms with van der Waals surface area (Å²) in [5, 5.41) is 21.2. The quantitative estimate of drug-likeness (QED) is 0.560. The normalized spacial score (nSPS) is 22.1. The zero-order chi connectivity index (χ0) is 11.4. The Kier molecular flexibility index (Phi) is 4.68. The summed E-state index contributed by atoms with van der Waals surface area (Å²) in [6.07, 6.45) is 0.294. The summed E-state index contributed by atoms with van der Waals surface area (Å²) in [6.45, 7) is 7.06. The number of hydrogen-bond donors (Lipinski definition) is 3. The second-order valence-electron chi connectivity index (χ2n) is 4.44.